The fourth-order valence-corrected chi connectivity index (χ4v) is 1.98. The topological polar surface area (TPSA) is 0 Å². The summed E-state index contributed by atoms with van der Waals surface area (Å²) in [4.78, 5) is 0. The lowest BCUT2D eigenvalue weighted by Gasteiger charge is -2.01. The average Bonchev–Trinajstić information content (AvgIpc) is 2.30. The van der Waals surface area contributed by atoms with Gasteiger partial charge in [0.1, 0.15) is 0 Å². The van der Waals surface area contributed by atoms with E-state index in [9.17, 15) is 0 Å². The molecule has 0 heterocycles. The molecule has 0 nitrogen and oxygen atoms in total. The van der Waals surface area contributed by atoms with Gasteiger partial charge in [-0.3, -0.25) is 0 Å². The second kappa shape index (κ2) is 3.23. The summed E-state index contributed by atoms with van der Waals surface area (Å²) in [6.45, 7) is 6.82. The van der Waals surface area contributed by atoms with E-state index in [-0.39, 0.29) is 0 Å². The first kappa shape index (κ1) is 7.84. The van der Waals surface area contributed by atoms with Gasteiger partial charge < -0.3 is 0 Å². The van der Waals surface area contributed by atoms with Crippen molar-refractivity contribution in [1.82, 2.24) is 0 Å². The van der Waals surface area contributed by atoms with Crippen LogP contribution in [0.2, 0.25) is 0 Å². The largest absolute Gasteiger partial charge is 0.0882 e. The highest BCUT2D eigenvalue weighted by Gasteiger charge is 2.23. The van der Waals surface area contributed by atoms with Gasteiger partial charge in [0.2, 0.25) is 0 Å². The molecule has 10 heavy (non-hydrogen) atoms. The van der Waals surface area contributed by atoms with Crippen molar-refractivity contribution in [1.29, 1.82) is 0 Å². The highest BCUT2D eigenvalue weighted by atomic mass is 14.3. The fourth-order valence-electron chi connectivity index (χ4n) is 1.98. The molecule has 2 unspecified atom stereocenters. The molecule has 2 atom stereocenters. The third-order valence-electron chi connectivity index (χ3n) is 2.79. The Hall–Kier alpha value is -0.260. The maximum absolute atomic E-state index is 2.35. The first-order valence-corrected chi connectivity index (χ1v) is 4.43. The number of hydrogen-bond acceptors (Lipinski definition) is 0. The number of rotatable bonds is 1. The van der Waals surface area contributed by atoms with Crippen LogP contribution in [0.3, 0.4) is 0 Å². The van der Waals surface area contributed by atoms with E-state index in [1.807, 2.05) is 0 Å². The second-order valence-electron chi connectivity index (χ2n) is 3.48. The molecule has 0 bridgehead atoms. The predicted molar refractivity (Wildman–Crippen MR) is 45.9 cm³/mol. The van der Waals surface area contributed by atoms with E-state index in [1.165, 1.54) is 19.3 Å². The van der Waals surface area contributed by atoms with E-state index in [2.05, 4.69) is 26.8 Å². The lowest BCUT2D eigenvalue weighted by Crippen LogP contribution is -1.90. The minimum Gasteiger partial charge on any atom is -0.0882 e. The van der Waals surface area contributed by atoms with E-state index in [0.717, 1.165) is 11.8 Å². The molecule has 1 aliphatic carbocycles. The van der Waals surface area contributed by atoms with Crippen LogP contribution in [0.5, 0.6) is 0 Å². The quantitative estimate of drug-likeness (QED) is 0.487. The van der Waals surface area contributed by atoms with Crippen molar-refractivity contribution < 1.29 is 0 Å². The molecule has 0 heteroatoms. The van der Waals surface area contributed by atoms with Gasteiger partial charge in [-0.05, 0) is 31.6 Å². The Morgan fingerprint density at radius 3 is 2.60 bits per heavy atom. The van der Waals surface area contributed by atoms with Crippen molar-refractivity contribution in [3.05, 3.63) is 11.6 Å². The zero-order valence-electron chi connectivity index (χ0n) is 7.35. The van der Waals surface area contributed by atoms with Gasteiger partial charge in [-0.15, -0.1) is 0 Å². The highest BCUT2D eigenvalue weighted by Crippen LogP contribution is 2.36. The van der Waals surface area contributed by atoms with Crippen LogP contribution in [0.15, 0.2) is 11.6 Å². The van der Waals surface area contributed by atoms with Gasteiger partial charge >= 0.3 is 0 Å². The summed E-state index contributed by atoms with van der Waals surface area (Å²) >= 11 is 0. The van der Waals surface area contributed by atoms with Crippen molar-refractivity contribution in [2.45, 2.75) is 40.0 Å². The van der Waals surface area contributed by atoms with Gasteiger partial charge in [0.15, 0.2) is 0 Å². The first-order valence-electron chi connectivity index (χ1n) is 4.43. The predicted octanol–water partition coefficient (Wildman–Crippen LogP) is 3.39. The van der Waals surface area contributed by atoms with Gasteiger partial charge in [0.25, 0.3) is 0 Å². The van der Waals surface area contributed by atoms with Crippen molar-refractivity contribution in [3.8, 4) is 0 Å². The van der Waals surface area contributed by atoms with Crippen LogP contribution < -0.4 is 0 Å². The van der Waals surface area contributed by atoms with Crippen LogP contribution in [0.4, 0.5) is 0 Å². The summed E-state index contributed by atoms with van der Waals surface area (Å²) in [6, 6.07) is 0. The van der Waals surface area contributed by atoms with E-state index in [4.69, 9.17) is 0 Å². The Kier molecular flexibility index (Phi) is 2.53. The van der Waals surface area contributed by atoms with Gasteiger partial charge in [-0.25, -0.2) is 0 Å². The van der Waals surface area contributed by atoms with E-state index >= 15 is 0 Å². The van der Waals surface area contributed by atoms with Crippen LogP contribution >= 0.6 is 0 Å². The van der Waals surface area contributed by atoms with Crippen LogP contribution in [-0.4, -0.2) is 0 Å². The van der Waals surface area contributed by atoms with Gasteiger partial charge in [-0.2, -0.15) is 0 Å². The molecule has 0 aromatic heterocycles. The molecule has 0 spiro atoms. The molecular weight excluding hydrogens is 120 g/mol. The summed E-state index contributed by atoms with van der Waals surface area (Å²) < 4.78 is 0. The number of hydrogen-bond donors (Lipinski definition) is 0. The third-order valence-corrected chi connectivity index (χ3v) is 2.79. The molecule has 0 aromatic rings. The first-order chi connectivity index (χ1) is 4.77. The molecule has 1 rings (SSSR count). The maximum atomic E-state index is 2.35. The van der Waals surface area contributed by atoms with E-state index < -0.39 is 0 Å². The van der Waals surface area contributed by atoms with Crippen molar-refractivity contribution >= 4 is 0 Å². The standard InChI is InChI=1S/C10H18/c1-4-9-6-8(3)10(5-2)7-9/h5,8-9H,4,6-7H2,1-3H3/b10-5-. The summed E-state index contributed by atoms with van der Waals surface area (Å²) in [5.74, 6) is 1.86. The molecule has 0 radical (unpaired) electrons. The molecule has 0 N–H and O–H groups in total. The minimum atomic E-state index is 0.870. The molecule has 1 fully saturated rings. The summed E-state index contributed by atoms with van der Waals surface area (Å²) in [5, 5.41) is 0. The lowest BCUT2D eigenvalue weighted by atomic mass is 10.0. The maximum Gasteiger partial charge on any atom is -0.0229 e. The Labute approximate surface area is 64.3 Å². The number of allylic oxidation sites excluding steroid dienone is 2. The minimum absolute atomic E-state index is 0.870. The molecule has 1 aliphatic rings. The van der Waals surface area contributed by atoms with E-state index in [1.54, 1.807) is 5.57 Å². The molecule has 0 aliphatic heterocycles. The van der Waals surface area contributed by atoms with Crippen LogP contribution in [0, 0.1) is 11.8 Å². The SMILES string of the molecule is C/C=C1/CC(CC)CC1C. The summed E-state index contributed by atoms with van der Waals surface area (Å²) in [5.41, 5.74) is 1.69. The molecule has 0 aromatic carbocycles. The zero-order valence-corrected chi connectivity index (χ0v) is 7.35. The van der Waals surface area contributed by atoms with Crippen molar-refractivity contribution in [2.75, 3.05) is 0 Å². The van der Waals surface area contributed by atoms with Crippen LogP contribution in [0.25, 0.3) is 0 Å². The molecule has 58 valence electrons. The Bertz CT molecular complexity index is 133. The zero-order chi connectivity index (χ0) is 7.56. The average molecular weight is 138 g/mol. The lowest BCUT2D eigenvalue weighted by molar-refractivity contribution is 0.502. The van der Waals surface area contributed by atoms with Crippen LogP contribution in [-0.2, 0) is 0 Å². The second-order valence-corrected chi connectivity index (χ2v) is 3.48. The Morgan fingerprint density at radius 1 is 1.60 bits per heavy atom. The smallest absolute Gasteiger partial charge is 0.0229 e. The van der Waals surface area contributed by atoms with Gasteiger partial charge in [0, 0.05) is 0 Å². The van der Waals surface area contributed by atoms with Gasteiger partial charge in [0.05, 0.1) is 0 Å². The van der Waals surface area contributed by atoms with Gasteiger partial charge in [-0.1, -0.05) is 31.9 Å². The highest BCUT2D eigenvalue weighted by molar-refractivity contribution is 5.10. The molecule has 0 amide bonds. The molecule has 1 saturated carbocycles. The monoisotopic (exact) mass is 138 g/mol. The summed E-state index contributed by atoms with van der Waals surface area (Å²) in [7, 11) is 0. The van der Waals surface area contributed by atoms with Crippen LogP contribution in [0.1, 0.15) is 40.0 Å². The normalized spacial score (nSPS) is 37.3. The molecular formula is C10H18. The van der Waals surface area contributed by atoms with E-state index in [0.29, 0.717) is 0 Å². The fraction of sp³-hybridized carbons (Fsp3) is 0.800. The molecule has 0 saturated heterocycles. The Morgan fingerprint density at radius 2 is 2.30 bits per heavy atom. The third kappa shape index (κ3) is 1.42. The van der Waals surface area contributed by atoms with Crippen molar-refractivity contribution in [2.24, 2.45) is 11.8 Å². The Balaban J connectivity index is 2.52. The van der Waals surface area contributed by atoms with Crippen molar-refractivity contribution in [3.63, 3.8) is 0 Å². The summed E-state index contributed by atoms with van der Waals surface area (Å²) in [6.07, 6.45) is 6.46.